The van der Waals surface area contributed by atoms with Crippen molar-refractivity contribution in [3.05, 3.63) is 71.3 Å². The highest BCUT2D eigenvalue weighted by Crippen LogP contribution is 2.32. The highest BCUT2D eigenvalue weighted by Gasteiger charge is 2.41. The molecule has 2 aliphatic heterocycles. The molecule has 0 amide bonds. The SMILES string of the molecule is C[C@@H]1OC1N1CCN(C(c2ccc(F)cc2)c2ccc(F)cc2)CC1. The van der Waals surface area contributed by atoms with Crippen LogP contribution >= 0.6 is 0 Å². The zero-order chi connectivity index (χ0) is 17.4. The molecule has 3 nitrogen and oxygen atoms in total. The maximum atomic E-state index is 13.3. The average molecular weight is 344 g/mol. The Balaban J connectivity index is 1.57. The van der Waals surface area contributed by atoms with Crippen LogP contribution in [0.4, 0.5) is 8.78 Å². The molecule has 2 aromatic carbocycles. The highest BCUT2D eigenvalue weighted by molar-refractivity contribution is 5.32. The Hall–Kier alpha value is -1.82. The van der Waals surface area contributed by atoms with Gasteiger partial charge in [-0.1, -0.05) is 24.3 Å². The first-order chi connectivity index (χ1) is 12.1. The molecule has 2 atom stereocenters. The lowest BCUT2D eigenvalue weighted by Crippen LogP contribution is -2.49. The Labute approximate surface area is 146 Å². The fourth-order valence-electron chi connectivity index (χ4n) is 3.71. The zero-order valence-electron chi connectivity index (χ0n) is 14.2. The number of hydrogen-bond acceptors (Lipinski definition) is 3. The summed E-state index contributed by atoms with van der Waals surface area (Å²) in [6.07, 6.45) is 0.591. The van der Waals surface area contributed by atoms with E-state index < -0.39 is 0 Å². The fourth-order valence-corrected chi connectivity index (χ4v) is 3.71. The first kappa shape index (κ1) is 16.6. The van der Waals surface area contributed by atoms with Gasteiger partial charge in [-0.2, -0.15) is 0 Å². The second-order valence-electron chi connectivity index (χ2n) is 6.81. The van der Waals surface area contributed by atoms with Crippen molar-refractivity contribution < 1.29 is 13.5 Å². The van der Waals surface area contributed by atoms with E-state index in [-0.39, 0.29) is 23.9 Å². The molecule has 1 unspecified atom stereocenters. The molecule has 132 valence electrons. The van der Waals surface area contributed by atoms with Gasteiger partial charge in [0.1, 0.15) is 17.9 Å². The van der Waals surface area contributed by atoms with Crippen molar-refractivity contribution in [3.8, 4) is 0 Å². The number of benzene rings is 2. The van der Waals surface area contributed by atoms with Crippen LogP contribution in [0.3, 0.4) is 0 Å². The van der Waals surface area contributed by atoms with E-state index in [2.05, 4.69) is 16.7 Å². The minimum absolute atomic E-state index is 0.000829. The van der Waals surface area contributed by atoms with Crippen molar-refractivity contribution in [3.63, 3.8) is 0 Å². The lowest BCUT2D eigenvalue weighted by atomic mass is 9.96. The maximum Gasteiger partial charge on any atom is 0.137 e. The third kappa shape index (κ3) is 3.59. The van der Waals surface area contributed by atoms with Gasteiger partial charge in [0.05, 0.1) is 12.1 Å². The van der Waals surface area contributed by atoms with E-state index in [1.807, 2.05) is 24.3 Å². The molecule has 2 saturated heterocycles. The molecule has 0 aromatic heterocycles. The van der Waals surface area contributed by atoms with Gasteiger partial charge >= 0.3 is 0 Å². The number of ether oxygens (including phenoxy) is 1. The maximum absolute atomic E-state index is 13.3. The van der Waals surface area contributed by atoms with Crippen LogP contribution in [-0.2, 0) is 4.74 Å². The van der Waals surface area contributed by atoms with Gasteiger partial charge in [0.25, 0.3) is 0 Å². The molecule has 0 aliphatic carbocycles. The molecule has 2 heterocycles. The monoisotopic (exact) mass is 344 g/mol. The predicted octanol–water partition coefficient (Wildman–Crippen LogP) is 3.42. The van der Waals surface area contributed by atoms with Crippen molar-refractivity contribution in [1.29, 1.82) is 0 Å². The van der Waals surface area contributed by atoms with E-state index in [9.17, 15) is 8.78 Å². The van der Waals surface area contributed by atoms with Gasteiger partial charge in [-0.05, 0) is 42.3 Å². The minimum atomic E-state index is -0.244. The summed E-state index contributed by atoms with van der Waals surface area (Å²) in [5.74, 6) is -0.488. The average Bonchev–Trinajstić information content (AvgIpc) is 3.36. The van der Waals surface area contributed by atoms with Crippen LogP contribution in [0.15, 0.2) is 48.5 Å². The standard InChI is InChI=1S/C20H22F2N2O/c1-14-20(25-14)24-12-10-23(11-13-24)19(15-2-6-17(21)7-3-15)16-4-8-18(22)9-5-16/h2-9,14,19-20H,10-13H2,1H3/t14-,20?/m0/s1. The van der Waals surface area contributed by atoms with Crippen molar-refractivity contribution in [2.24, 2.45) is 0 Å². The Kier molecular flexibility index (Phi) is 4.54. The summed E-state index contributed by atoms with van der Waals surface area (Å²) >= 11 is 0. The molecule has 0 saturated carbocycles. The summed E-state index contributed by atoms with van der Waals surface area (Å²) in [7, 11) is 0. The third-order valence-electron chi connectivity index (χ3n) is 5.12. The van der Waals surface area contributed by atoms with Gasteiger partial charge in [-0.15, -0.1) is 0 Å². The summed E-state index contributed by atoms with van der Waals surface area (Å²) in [6, 6.07) is 13.2. The van der Waals surface area contributed by atoms with E-state index in [0.717, 1.165) is 37.3 Å². The van der Waals surface area contributed by atoms with Crippen LogP contribution in [0, 0.1) is 11.6 Å². The van der Waals surface area contributed by atoms with Gasteiger partial charge < -0.3 is 4.74 Å². The Morgan fingerprint density at radius 2 is 1.28 bits per heavy atom. The van der Waals surface area contributed by atoms with E-state index in [4.69, 9.17) is 4.74 Å². The summed E-state index contributed by atoms with van der Waals surface area (Å²) in [5.41, 5.74) is 2.05. The first-order valence-corrected chi connectivity index (χ1v) is 8.76. The molecular weight excluding hydrogens is 322 g/mol. The molecule has 0 N–H and O–H groups in total. The molecule has 0 bridgehead atoms. The molecule has 0 radical (unpaired) electrons. The van der Waals surface area contributed by atoms with Crippen LogP contribution in [0.2, 0.25) is 0 Å². The number of nitrogens with zero attached hydrogens (tertiary/aromatic N) is 2. The molecule has 2 fully saturated rings. The van der Waals surface area contributed by atoms with Gasteiger partial charge in [0.15, 0.2) is 0 Å². The van der Waals surface area contributed by atoms with E-state index >= 15 is 0 Å². The molecule has 5 heteroatoms. The van der Waals surface area contributed by atoms with Crippen LogP contribution < -0.4 is 0 Å². The predicted molar refractivity (Wildman–Crippen MR) is 92.1 cm³/mol. The Morgan fingerprint density at radius 3 is 1.68 bits per heavy atom. The van der Waals surface area contributed by atoms with Crippen LogP contribution in [0.5, 0.6) is 0 Å². The summed E-state index contributed by atoms with van der Waals surface area (Å²) in [4.78, 5) is 4.75. The second kappa shape index (κ2) is 6.83. The van der Waals surface area contributed by atoms with Crippen molar-refractivity contribution in [1.82, 2.24) is 9.80 Å². The van der Waals surface area contributed by atoms with Crippen LogP contribution in [-0.4, -0.2) is 48.3 Å². The van der Waals surface area contributed by atoms with Crippen molar-refractivity contribution >= 4 is 0 Å². The van der Waals surface area contributed by atoms with Gasteiger partial charge in [-0.3, -0.25) is 9.80 Å². The third-order valence-corrected chi connectivity index (χ3v) is 5.12. The van der Waals surface area contributed by atoms with Gasteiger partial charge in [-0.25, -0.2) is 8.78 Å². The summed E-state index contributed by atoms with van der Waals surface area (Å²) in [5, 5.41) is 0. The second-order valence-corrected chi connectivity index (χ2v) is 6.81. The summed E-state index contributed by atoms with van der Waals surface area (Å²) in [6.45, 7) is 5.76. The Morgan fingerprint density at radius 1 is 0.840 bits per heavy atom. The van der Waals surface area contributed by atoms with Gasteiger partial charge in [0, 0.05) is 26.2 Å². The van der Waals surface area contributed by atoms with E-state index in [1.54, 1.807) is 0 Å². The largest absolute Gasteiger partial charge is 0.353 e. The normalized spacial score (nSPS) is 24.6. The molecule has 2 aliphatic rings. The minimum Gasteiger partial charge on any atom is -0.353 e. The number of hydrogen-bond donors (Lipinski definition) is 0. The lowest BCUT2D eigenvalue weighted by molar-refractivity contribution is 0.0756. The van der Waals surface area contributed by atoms with Crippen molar-refractivity contribution in [2.75, 3.05) is 26.2 Å². The smallest absolute Gasteiger partial charge is 0.137 e. The van der Waals surface area contributed by atoms with Gasteiger partial charge in [0.2, 0.25) is 0 Å². The molecule has 25 heavy (non-hydrogen) atoms. The zero-order valence-corrected chi connectivity index (χ0v) is 14.2. The quantitative estimate of drug-likeness (QED) is 0.792. The summed E-state index contributed by atoms with van der Waals surface area (Å²) < 4.78 is 32.3. The van der Waals surface area contributed by atoms with E-state index in [0.29, 0.717) is 6.10 Å². The number of rotatable bonds is 4. The molecular formula is C20H22F2N2O. The molecule has 2 aromatic rings. The number of epoxide rings is 1. The number of piperazine rings is 1. The first-order valence-electron chi connectivity index (χ1n) is 8.76. The van der Waals surface area contributed by atoms with E-state index in [1.165, 1.54) is 24.3 Å². The topological polar surface area (TPSA) is 19.0 Å². The van der Waals surface area contributed by atoms with Crippen LogP contribution in [0.1, 0.15) is 24.1 Å². The molecule has 4 rings (SSSR count). The number of halogens is 2. The van der Waals surface area contributed by atoms with Crippen molar-refractivity contribution in [2.45, 2.75) is 25.3 Å². The molecule has 0 spiro atoms. The lowest BCUT2D eigenvalue weighted by Gasteiger charge is -2.39. The Bertz CT molecular complexity index is 666. The highest BCUT2D eigenvalue weighted by atomic mass is 19.1. The van der Waals surface area contributed by atoms with Crippen LogP contribution in [0.25, 0.3) is 0 Å². The fraction of sp³-hybridized carbons (Fsp3) is 0.400.